The van der Waals surface area contributed by atoms with E-state index in [-0.39, 0.29) is 29.4 Å². The minimum absolute atomic E-state index is 0.0309. The second kappa shape index (κ2) is 7.38. The highest BCUT2D eigenvalue weighted by molar-refractivity contribution is 6.00. The molecule has 8 heteroatoms. The Morgan fingerprint density at radius 3 is 2.87 bits per heavy atom. The van der Waals surface area contributed by atoms with E-state index in [9.17, 15) is 14.9 Å². The number of non-ortho nitro benzene ring substituents is 1. The average molecular weight is 323 g/mol. The maximum Gasteiger partial charge on any atom is 0.270 e. The van der Waals surface area contributed by atoms with Crippen LogP contribution in [0.15, 0.2) is 18.2 Å². The zero-order valence-electron chi connectivity index (χ0n) is 13.4. The van der Waals surface area contributed by atoms with Gasteiger partial charge >= 0.3 is 0 Å². The molecule has 1 aliphatic rings. The van der Waals surface area contributed by atoms with E-state index in [1.54, 1.807) is 13.2 Å². The van der Waals surface area contributed by atoms with Gasteiger partial charge in [-0.2, -0.15) is 0 Å². The lowest BCUT2D eigenvalue weighted by Gasteiger charge is -2.38. The van der Waals surface area contributed by atoms with Crippen LogP contribution in [-0.4, -0.2) is 56.9 Å². The van der Waals surface area contributed by atoms with Crippen LogP contribution in [0, 0.1) is 10.1 Å². The molecule has 2 rings (SSSR count). The maximum atomic E-state index is 12.1. The summed E-state index contributed by atoms with van der Waals surface area (Å²) >= 11 is 0. The van der Waals surface area contributed by atoms with Crippen molar-refractivity contribution >= 4 is 17.3 Å². The first kappa shape index (κ1) is 17.2. The molecule has 2 unspecified atom stereocenters. The summed E-state index contributed by atoms with van der Waals surface area (Å²) in [6.45, 7) is 3.55. The van der Waals surface area contributed by atoms with E-state index in [1.165, 1.54) is 19.2 Å². The number of nitrogens with one attached hydrogen (secondary N) is 1. The van der Waals surface area contributed by atoms with Gasteiger partial charge in [0.25, 0.3) is 11.6 Å². The minimum atomic E-state index is -0.508. The number of nitro groups is 1. The molecule has 0 aromatic heterocycles. The molecule has 1 amide bonds. The van der Waals surface area contributed by atoms with Gasteiger partial charge < -0.3 is 19.7 Å². The monoisotopic (exact) mass is 323 g/mol. The topological polar surface area (TPSA) is 93.9 Å². The predicted octanol–water partition coefficient (Wildman–Crippen LogP) is 1.19. The van der Waals surface area contributed by atoms with E-state index < -0.39 is 4.92 Å². The summed E-state index contributed by atoms with van der Waals surface area (Å²) in [6.07, 6.45) is -0.145. The van der Waals surface area contributed by atoms with Crippen molar-refractivity contribution in [3.63, 3.8) is 0 Å². The van der Waals surface area contributed by atoms with E-state index in [1.807, 2.05) is 11.8 Å². The van der Waals surface area contributed by atoms with Crippen LogP contribution in [0.25, 0.3) is 0 Å². The van der Waals surface area contributed by atoms with Crippen LogP contribution < -0.4 is 10.2 Å². The van der Waals surface area contributed by atoms with Crippen molar-refractivity contribution in [3.05, 3.63) is 33.9 Å². The lowest BCUT2D eigenvalue weighted by molar-refractivity contribution is -0.384. The number of ether oxygens (including phenoxy) is 2. The molecule has 1 saturated heterocycles. The summed E-state index contributed by atoms with van der Waals surface area (Å²) in [5, 5.41) is 13.5. The number of nitrogens with zero attached hydrogens (tertiary/aromatic N) is 2. The van der Waals surface area contributed by atoms with Gasteiger partial charge in [0.15, 0.2) is 0 Å². The van der Waals surface area contributed by atoms with Crippen molar-refractivity contribution in [1.29, 1.82) is 0 Å². The molecule has 1 aromatic rings. The number of benzene rings is 1. The molecule has 1 N–H and O–H groups in total. The summed E-state index contributed by atoms with van der Waals surface area (Å²) in [5.74, 6) is -0.355. The van der Waals surface area contributed by atoms with Gasteiger partial charge in [-0.1, -0.05) is 0 Å². The van der Waals surface area contributed by atoms with Crippen molar-refractivity contribution in [2.45, 2.75) is 19.1 Å². The molecular formula is C15H21N3O5. The van der Waals surface area contributed by atoms with Crippen molar-refractivity contribution in [2.24, 2.45) is 0 Å². The van der Waals surface area contributed by atoms with Crippen molar-refractivity contribution < 1.29 is 19.2 Å². The number of carbonyl (C=O) groups is 1. The fourth-order valence-electron chi connectivity index (χ4n) is 2.75. The van der Waals surface area contributed by atoms with Gasteiger partial charge in [-0.15, -0.1) is 0 Å². The molecule has 2 atom stereocenters. The number of anilines is 1. The Kier molecular flexibility index (Phi) is 5.51. The van der Waals surface area contributed by atoms with E-state index in [0.717, 1.165) is 0 Å². The highest BCUT2D eigenvalue weighted by Gasteiger charge is 2.28. The number of hydrogen-bond donors (Lipinski definition) is 1. The molecule has 1 aromatic carbocycles. The second-order valence-corrected chi connectivity index (χ2v) is 5.47. The second-order valence-electron chi connectivity index (χ2n) is 5.47. The summed E-state index contributed by atoms with van der Waals surface area (Å²) < 4.78 is 10.9. The Morgan fingerprint density at radius 2 is 2.26 bits per heavy atom. The number of methoxy groups -OCH3 is 1. The first-order valence-corrected chi connectivity index (χ1v) is 7.36. The highest BCUT2D eigenvalue weighted by atomic mass is 16.6. The zero-order valence-corrected chi connectivity index (χ0v) is 13.4. The fraction of sp³-hybridized carbons (Fsp3) is 0.533. The fourth-order valence-corrected chi connectivity index (χ4v) is 2.75. The Morgan fingerprint density at radius 1 is 1.52 bits per heavy atom. The number of morpholine rings is 1. The normalized spacial score (nSPS) is 21.1. The summed E-state index contributed by atoms with van der Waals surface area (Å²) in [7, 11) is 3.11. The molecule has 23 heavy (non-hydrogen) atoms. The number of amides is 1. The lowest BCUT2D eigenvalue weighted by atomic mass is 10.1. The molecule has 0 bridgehead atoms. The number of rotatable bonds is 5. The van der Waals surface area contributed by atoms with Gasteiger partial charge in [0.1, 0.15) is 0 Å². The van der Waals surface area contributed by atoms with Gasteiger partial charge in [-0.3, -0.25) is 14.9 Å². The molecule has 0 spiro atoms. The first-order valence-electron chi connectivity index (χ1n) is 7.36. The molecule has 8 nitrogen and oxygen atoms in total. The molecule has 1 fully saturated rings. The Labute approximate surface area is 134 Å². The van der Waals surface area contributed by atoms with E-state index >= 15 is 0 Å². The van der Waals surface area contributed by atoms with Gasteiger partial charge in [-0.25, -0.2) is 0 Å². The third kappa shape index (κ3) is 3.96. The maximum absolute atomic E-state index is 12.1. The molecule has 126 valence electrons. The largest absolute Gasteiger partial charge is 0.382 e. The smallest absolute Gasteiger partial charge is 0.270 e. The summed E-state index contributed by atoms with van der Waals surface area (Å²) in [4.78, 5) is 24.6. The zero-order chi connectivity index (χ0) is 17.0. The summed E-state index contributed by atoms with van der Waals surface area (Å²) in [6, 6.07) is 4.33. The molecular weight excluding hydrogens is 302 g/mol. The summed E-state index contributed by atoms with van der Waals surface area (Å²) in [5.41, 5.74) is 0.834. The third-order valence-electron chi connectivity index (χ3n) is 3.68. The Hall–Kier alpha value is -2.19. The van der Waals surface area contributed by atoms with Crippen LogP contribution in [0.1, 0.15) is 17.3 Å². The first-order chi connectivity index (χ1) is 11.0. The van der Waals surface area contributed by atoms with E-state index in [0.29, 0.717) is 25.4 Å². The third-order valence-corrected chi connectivity index (χ3v) is 3.68. The van der Waals surface area contributed by atoms with Crippen molar-refractivity contribution in [3.8, 4) is 0 Å². The molecule has 0 saturated carbocycles. The standard InChI is InChI=1S/C15H21N3O5/c1-10-7-17(8-12(23-10)9-22-3)14-5-4-11(18(20)21)6-13(14)15(19)16-2/h4-6,10,12H,7-9H2,1-3H3,(H,16,19). The SMILES string of the molecule is CNC(=O)c1cc([N+](=O)[O-])ccc1N1CC(C)OC(COC)C1. The van der Waals surface area contributed by atoms with Crippen molar-refractivity contribution in [1.82, 2.24) is 5.32 Å². The Balaban J connectivity index is 2.36. The lowest BCUT2D eigenvalue weighted by Crippen LogP contribution is -2.48. The van der Waals surface area contributed by atoms with Gasteiger partial charge in [-0.05, 0) is 13.0 Å². The van der Waals surface area contributed by atoms with Crippen molar-refractivity contribution in [2.75, 3.05) is 38.8 Å². The molecule has 0 radical (unpaired) electrons. The van der Waals surface area contributed by atoms with Crippen LogP contribution in [0.5, 0.6) is 0 Å². The number of hydrogen-bond acceptors (Lipinski definition) is 6. The van der Waals surface area contributed by atoms with Gasteiger partial charge in [0.05, 0.1) is 35.0 Å². The number of nitro benzene ring substituents is 1. The molecule has 1 heterocycles. The van der Waals surface area contributed by atoms with Crippen LogP contribution in [0.4, 0.5) is 11.4 Å². The highest BCUT2D eigenvalue weighted by Crippen LogP contribution is 2.28. The van der Waals surface area contributed by atoms with E-state index in [4.69, 9.17) is 9.47 Å². The van der Waals surface area contributed by atoms with Crippen LogP contribution in [0.3, 0.4) is 0 Å². The predicted molar refractivity (Wildman–Crippen MR) is 84.9 cm³/mol. The molecule has 0 aliphatic carbocycles. The van der Waals surface area contributed by atoms with E-state index in [2.05, 4.69) is 5.32 Å². The number of carbonyl (C=O) groups excluding carboxylic acids is 1. The van der Waals surface area contributed by atoms with Crippen LogP contribution >= 0.6 is 0 Å². The van der Waals surface area contributed by atoms with Gasteiger partial charge in [0, 0.05) is 39.4 Å². The molecule has 1 aliphatic heterocycles. The Bertz CT molecular complexity index is 592. The quantitative estimate of drug-likeness (QED) is 0.646. The minimum Gasteiger partial charge on any atom is -0.382 e. The van der Waals surface area contributed by atoms with Crippen LogP contribution in [0.2, 0.25) is 0 Å². The van der Waals surface area contributed by atoms with Gasteiger partial charge in [0.2, 0.25) is 0 Å². The van der Waals surface area contributed by atoms with Crippen LogP contribution in [-0.2, 0) is 9.47 Å². The average Bonchev–Trinajstić information content (AvgIpc) is 2.53.